The Morgan fingerprint density at radius 2 is 2.08 bits per heavy atom. The average molecular weight is 366 g/mol. The zero-order valence-corrected chi connectivity index (χ0v) is 14.8. The molecule has 3 aromatic rings. The van der Waals surface area contributed by atoms with E-state index in [-0.39, 0.29) is 11.9 Å². The van der Waals surface area contributed by atoms with Crippen LogP contribution in [0.5, 0.6) is 5.75 Å². The van der Waals surface area contributed by atoms with Crippen molar-refractivity contribution in [3.05, 3.63) is 71.3 Å². The van der Waals surface area contributed by atoms with Crippen molar-refractivity contribution in [2.24, 2.45) is 0 Å². The maximum absolute atomic E-state index is 13.9. The number of benzene rings is 2. The molecule has 0 amide bonds. The minimum absolute atomic E-state index is 0.0360. The first-order chi connectivity index (χ1) is 12.7. The van der Waals surface area contributed by atoms with E-state index in [9.17, 15) is 4.39 Å². The Hall–Kier alpha value is -2.80. The van der Waals surface area contributed by atoms with Crippen LogP contribution in [0.2, 0.25) is 0 Å². The summed E-state index contributed by atoms with van der Waals surface area (Å²) < 4.78 is 21.2. The van der Waals surface area contributed by atoms with Crippen molar-refractivity contribution in [1.82, 2.24) is 14.8 Å². The van der Waals surface area contributed by atoms with Crippen LogP contribution in [0, 0.1) is 5.82 Å². The van der Waals surface area contributed by atoms with Gasteiger partial charge in [-0.2, -0.15) is 0 Å². The highest BCUT2D eigenvalue weighted by Gasteiger charge is 2.33. The summed E-state index contributed by atoms with van der Waals surface area (Å²) in [6, 6.07) is 12.9. The Morgan fingerprint density at radius 3 is 2.88 bits per heavy atom. The number of rotatable bonds is 2. The Labute approximate surface area is 153 Å². The molecule has 2 aliphatic rings. The van der Waals surface area contributed by atoms with Gasteiger partial charge in [-0.15, -0.1) is 22.0 Å². The lowest BCUT2D eigenvalue weighted by Gasteiger charge is -2.34. The number of ether oxygens (including phenoxy) is 1. The molecule has 0 spiro atoms. The second kappa shape index (κ2) is 5.88. The van der Waals surface area contributed by atoms with Crippen LogP contribution in [0.1, 0.15) is 17.2 Å². The number of hydrogen-bond acceptors (Lipinski definition) is 5. The van der Waals surface area contributed by atoms with E-state index >= 15 is 0 Å². The fourth-order valence-corrected chi connectivity index (χ4v) is 4.63. The Morgan fingerprint density at radius 1 is 1.23 bits per heavy atom. The normalized spacial score (nSPS) is 17.8. The summed E-state index contributed by atoms with van der Waals surface area (Å²) in [5.41, 5.74) is 4.11. The molecular weight excluding hydrogens is 351 g/mol. The van der Waals surface area contributed by atoms with E-state index in [4.69, 9.17) is 4.74 Å². The van der Waals surface area contributed by atoms with Crippen LogP contribution in [0.25, 0.3) is 5.70 Å². The summed E-state index contributed by atoms with van der Waals surface area (Å²) >= 11 is 1.72. The minimum atomic E-state index is -0.243. The largest absolute Gasteiger partial charge is 0.497 e. The van der Waals surface area contributed by atoms with Crippen molar-refractivity contribution in [2.45, 2.75) is 10.9 Å². The molecule has 7 heteroatoms. The monoisotopic (exact) mass is 366 g/mol. The topological polar surface area (TPSA) is 52.0 Å². The maximum atomic E-state index is 13.9. The lowest BCUT2D eigenvalue weighted by atomic mass is 9.93. The standard InChI is InChI=1S/C19H15FN4OS/c1-25-13-5-2-11(3-6-13)18-15-9-26-16-7-4-12(20)8-14(16)17(15)22-19-23-21-10-24(18)19/h2-8,10,18H,9H2,1H3,(H,22,23). The molecule has 5 nitrogen and oxygen atoms in total. The third-order valence-corrected chi connectivity index (χ3v) is 5.89. The molecule has 2 aliphatic heterocycles. The zero-order chi connectivity index (χ0) is 17.7. The van der Waals surface area contributed by atoms with Gasteiger partial charge in [-0.3, -0.25) is 4.57 Å². The second-order valence-corrected chi connectivity index (χ2v) is 7.21. The van der Waals surface area contributed by atoms with Crippen molar-refractivity contribution >= 4 is 23.4 Å². The van der Waals surface area contributed by atoms with Crippen LogP contribution in [0.15, 0.2) is 59.3 Å². The number of nitrogens with zero attached hydrogens (tertiary/aromatic N) is 3. The van der Waals surface area contributed by atoms with E-state index in [0.29, 0.717) is 5.95 Å². The van der Waals surface area contributed by atoms with E-state index in [0.717, 1.165) is 33.2 Å². The molecule has 1 aromatic heterocycles. The number of halogens is 1. The molecular formula is C19H15FN4OS. The van der Waals surface area contributed by atoms with E-state index in [1.165, 1.54) is 11.6 Å². The number of anilines is 1. The van der Waals surface area contributed by atoms with Crippen LogP contribution >= 0.6 is 11.8 Å². The van der Waals surface area contributed by atoms with Crippen LogP contribution in [0.3, 0.4) is 0 Å². The number of nitrogens with one attached hydrogen (secondary N) is 1. The second-order valence-electron chi connectivity index (χ2n) is 6.19. The van der Waals surface area contributed by atoms with Crippen molar-refractivity contribution in [1.29, 1.82) is 0 Å². The van der Waals surface area contributed by atoms with Crippen LogP contribution in [-0.4, -0.2) is 27.6 Å². The summed E-state index contributed by atoms with van der Waals surface area (Å²) in [5.74, 6) is 2.04. The molecule has 1 unspecified atom stereocenters. The van der Waals surface area contributed by atoms with Gasteiger partial charge in [0.05, 0.1) is 18.8 Å². The van der Waals surface area contributed by atoms with Gasteiger partial charge in [0, 0.05) is 16.2 Å². The summed E-state index contributed by atoms with van der Waals surface area (Å²) in [5, 5.41) is 11.6. The molecule has 0 saturated heterocycles. The highest BCUT2D eigenvalue weighted by Crippen LogP contribution is 2.46. The maximum Gasteiger partial charge on any atom is 0.229 e. The number of thioether (sulfide) groups is 1. The minimum Gasteiger partial charge on any atom is -0.497 e. The molecule has 0 aliphatic carbocycles. The van der Waals surface area contributed by atoms with Crippen LogP contribution in [0.4, 0.5) is 10.3 Å². The number of hydrogen-bond donors (Lipinski definition) is 1. The summed E-state index contributed by atoms with van der Waals surface area (Å²) in [6.07, 6.45) is 1.73. The smallest absolute Gasteiger partial charge is 0.229 e. The number of aromatic nitrogens is 3. The highest BCUT2D eigenvalue weighted by molar-refractivity contribution is 7.99. The van der Waals surface area contributed by atoms with Crippen molar-refractivity contribution in [2.75, 3.05) is 18.2 Å². The van der Waals surface area contributed by atoms with Crippen molar-refractivity contribution in [3.63, 3.8) is 0 Å². The third-order valence-electron chi connectivity index (χ3n) is 4.76. The number of methoxy groups -OCH3 is 1. The van der Waals surface area contributed by atoms with Gasteiger partial charge >= 0.3 is 0 Å². The lowest BCUT2D eigenvalue weighted by Crippen LogP contribution is -2.26. The van der Waals surface area contributed by atoms with Crippen molar-refractivity contribution < 1.29 is 9.13 Å². The van der Waals surface area contributed by atoms with Gasteiger partial charge in [0.25, 0.3) is 0 Å². The molecule has 5 rings (SSSR count). The number of fused-ring (bicyclic) bond motifs is 3. The van der Waals surface area contributed by atoms with Gasteiger partial charge in [0.1, 0.15) is 17.9 Å². The molecule has 0 fully saturated rings. The first kappa shape index (κ1) is 15.5. The SMILES string of the molecule is COc1ccc(C2C3=C(Nc4nncn42)c2cc(F)ccc2SC3)cc1. The van der Waals surface area contributed by atoms with Gasteiger partial charge in [-0.05, 0) is 41.5 Å². The first-order valence-electron chi connectivity index (χ1n) is 8.21. The summed E-state index contributed by atoms with van der Waals surface area (Å²) in [7, 11) is 1.65. The fraction of sp³-hybridized carbons (Fsp3) is 0.158. The lowest BCUT2D eigenvalue weighted by molar-refractivity contribution is 0.414. The van der Waals surface area contributed by atoms with E-state index in [1.807, 2.05) is 22.8 Å². The molecule has 130 valence electrons. The molecule has 0 saturated carbocycles. The Kier molecular flexibility index (Phi) is 3.49. The first-order valence-corrected chi connectivity index (χ1v) is 9.19. The molecule has 2 aromatic carbocycles. The van der Waals surface area contributed by atoms with Crippen LogP contribution < -0.4 is 10.1 Å². The quantitative estimate of drug-likeness (QED) is 0.744. The molecule has 26 heavy (non-hydrogen) atoms. The van der Waals surface area contributed by atoms with Gasteiger partial charge < -0.3 is 10.1 Å². The molecule has 0 bridgehead atoms. The predicted molar refractivity (Wildman–Crippen MR) is 98.8 cm³/mol. The molecule has 1 atom stereocenters. The summed E-state index contributed by atoms with van der Waals surface area (Å²) in [6.45, 7) is 0. The zero-order valence-electron chi connectivity index (χ0n) is 13.9. The van der Waals surface area contributed by atoms with Gasteiger partial charge in [-0.1, -0.05) is 12.1 Å². The van der Waals surface area contributed by atoms with Gasteiger partial charge in [0.15, 0.2) is 0 Å². The third kappa shape index (κ3) is 2.31. The molecule has 1 N–H and O–H groups in total. The molecule has 0 radical (unpaired) electrons. The Balaban J connectivity index is 1.70. The predicted octanol–water partition coefficient (Wildman–Crippen LogP) is 3.96. The van der Waals surface area contributed by atoms with Crippen molar-refractivity contribution in [3.8, 4) is 5.75 Å². The highest BCUT2D eigenvalue weighted by atomic mass is 32.2. The average Bonchev–Trinajstić information content (AvgIpc) is 3.14. The van der Waals surface area contributed by atoms with E-state index < -0.39 is 0 Å². The van der Waals surface area contributed by atoms with E-state index in [2.05, 4.69) is 27.6 Å². The van der Waals surface area contributed by atoms with Gasteiger partial charge in [-0.25, -0.2) is 4.39 Å². The van der Waals surface area contributed by atoms with Gasteiger partial charge in [0.2, 0.25) is 5.95 Å². The molecule has 3 heterocycles. The summed E-state index contributed by atoms with van der Waals surface area (Å²) in [4.78, 5) is 1.07. The fourth-order valence-electron chi connectivity index (χ4n) is 3.54. The van der Waals surface area contributed by atoms with Crippen LogP contribution in [-0.2, 0) is 0 Å². The Bertz CT molecular complexity index is 1030. The van der Waals surface area contributed by atoms with E-state index in [1.54, 1.807) is 31.3 Å².